The van der Waals surface area contributed by atoms with Crippen LogP contribution in [-0.4, -0.2) is 14.7 Å². The molecule has 0 radical (unpaired) electrons. The third-order valence-corrected chi connectivity index (χ3v) is 2.08. The second kappa shape index (κ2) is 2.73. The van der Waals surface area contributed by atoms with Crippen LogP contribution in [-0.2, 0) is 7.05 Å². The lowest BCUT2D eigenvalue weighted by Crippen LogP contribution is -2.32. The monoisotopic (exact) mass is 192 g/mol. The largest absolute Gasteiger partial charge is 0.508 e. The summed E-state index contributed by atoms with van der Waals surface area (Å²) >= 11 is 0. The van der Waals surface area contributed by atoms with Crippen molar-refractivity contribution >= 4 is 10.9 Å². The number of phenolic OH excluding ortho intramolecular Hbond substituents is 1. The molecule has 5 heteroatoms. The van der Waals surface area contributed by atoms with Gasteiger partial charge in [0, 0.05) is 13.1 Å². The number of nitrogens with one attached hydrogen (secondary N) is 1. The minimum atomic E-state index is -0.492. The van der Waals surface area contributed by atoms with Crippen molar-refractivity contribution in [1.82, 2.24) is 9.55 Å². The van der Waals surface area contributed by atoms with Crippen molar-refractivity contribution in [1.29, 1.82) is 0 Å². The Balaban J connectivity index is 3.06. The molecule has 1 heterocycles. The van der Waals surface area contributed by atoms with Crippen LogP contribution in [0, 0.1) is 0 Å². The molecule has 2 N–H and O–H groups in total. The van der Waals surface area contributed by atoms with E-state index in [0.717, 1.165) is 4.57 Å². The number of aromatic nitrogens is 2. The molecule has 14 heavy (non-hydrogen) atoms. The van der Waals surface area contributed by atoms with Crippen molar-refractivity contribution in [2.24, 2.45) is 7.05 Å². The molecule has 0 atom stereocenters. The van der Waals surface area contributed by atoms with Crippen molar-refractivity contribution in [2.75, 3.05) is 0 Å². The van der Waals surface area contributed by atoms with Gasteiger partial charge in [0.05, 0.1) is 10.9 Å². The molecule has 0 amide bonds. The van der Waals surface area contributed by atoms with Crippen molar-refractivity contribution in [3.8, 4) is 5.75 Å². The molecule has 2 rings (SSSR count). The standard InChI is InChI=1S/C9H8N2O3/c1-11-8(13)6-3-2-5(12)4-7(6)10-9(11)14/h2-4,12H,1H3,(H,10,14). The van der Waals surface area contributed by atoms with Gasteiger partial charge in [-0.25, -0.2) is 4.79 Å². The summed E-state index contributed by atoms with van der Waals surface area (Å²) in [6.45, 7) is 0. The Morgan fingerprint density at radius 1 is 1.36 bits per heavy atom. The third kappa shape index (κ3) is 1.10. The first kappa shape index (κ1) is 8.55. The number of nitrogens with zero attached hydrogens (tertiary/aromatic N) is 1. The van der Waals surface area contributed by atoms with Gasteiger partial charge in [0.15, 0.2) is 0 Å². The lowest BCUT2D eigenvalue weighted by atomic mass is 10.2. The van der Waals surface area contributed by atoms with E-state index >= 15 is 0 Å². The smallest absolute Gasteiger partial charge is 0.328 e. The zero-order chi connectivity index (χ0) is 10.3. The van der Waals surface area contributed by atoms with E-state index in [1.807, 2.05) is 0 Å². The van der Waals surface area contributed by atoms with Gasteiger partial charge in [-0.3, -0.25) is 9.36 Å². The maximum Gasteiger partial charge on any atom is 0.328 e. The van der Waals surface area contributed by atoms with Crippen LogP contribution in [0.3, 0.4) is 0 Å². The van der Waals surface area contributed by atoms with E-state index in [0.29, 0.717) is 10.9 Å². The second-order valence-corrected chi connectivity index (χ2v) is 3.02. The predicted octanol–water partition coefficient (Wildman–Crippen LogP) is -0.0676. The first-order valence-electron chi connectivity index (χ1n) is 4.01. The zero-order valence-electron chi connectivity index (χ0n) is 7.44. The van der Waals surface area contributed by atoms with Crippen LogP contribution in [0.15, 0.2) is 27.8 Å². The van der Waals surface area contributed by atoms with Crippen molar-refractivity contribution in [3.05, 3.63) is 39.0 Å². The van der Waals surface area contributed by atoms with Gasteiger partial charge in [-0.15, -0.1) is 0 Å². The quantitative estimate of drug-likeness (QED) is 0.613. The van der Waals surface area contributed by atoms with Crippen LogP contribution in [0.1, 0.15) is 0 Å². The highest BCUT2D eigenvalue weighted by molar-refractivity contribution is 5.78. The van der Waals surface area contributed by atoms with Gasteiger partial charge in [-0.1, -0.05) is 0 Å². The average Bonchev–Trinajstić information content (AvgIpc) is 2.14. The fourth-order valence-electron chi connectivity index (χ4n) is 1.29. The van der Waals surface area contributed by atoms with Gasteiger partial charge < -0.3 is 10.1 Å². The number of hydrogen-bond acceptors (Lipinski definition) is 3. The predicted molar refractivity (Wildman–Crippen MR) is 51.5 cm³/mol. The first-order valence-corrected chi connectivity index (χ1v) is 4.01. The fourth-order valence-corrected chi connectivity index (χ4v) is 1.29. The minimum Gasteiger partial charge on any atom is -0.508 e. The summed E-state index contributed by atoms with van der Waals surface area (Å²) in [5, 5.41) is 9.53. The van der Waals surface area contributed by atoms with Crippen LogP contribution in [0.25, 0.3) is 10.9 Å². The summed E-state index contributed by atoms with van der Waals surface area (Å²) in [7, 11) is 1.40. The minimum absolute atomic E-state index is 0.0152. The van der Waals surface area contributed by atoms with Crippen LogP contribution in [0.4, 0.5) is 0 Å². The van der Waals surface area contributed by atoms with Gasteiger partial charge >= 0.3 is 5.69 Å². The summed E-state index contributed by atoms with van der Waals surface area (Å²) in [6.07, 6.45) is 0. The van der Waals surface area contributed by atoms with Crippen LogP contribution in [0.2, 0.25) is 0 Å². The molecule has 0 spiro atoms. The lowest BCUT2D eigenvalue weighted by Gasteiger charge is -2.00. The van der Waals surface area contributed by atoms with Gasteiger partial charge in [0.1, 0.15) is 5.75 Å². The topological polar surface area (TPSA) is 75.1 Å². The molecule has 0 bridgehead atoms. The number of hydrogen-bond donors (Lipinski definition) is 2. The van der Waals surface area contributed by atoms with E-state index < -0.39 is 5.69 Å². The lowest BCUT2D eigenvalue weighted by molar-refractivity contribution is 0.476. The number of benzene rings is 1. The van der Waals surface area contributed by atoms with Gasteiger partial charge in [-0.2, -0.15) is 0 Å². The maximum atomic E-state index is 11.5. The van der Waals surface area contributed by atoms with Gasteiger partial charge in [-0.05, 0) is 12.1 Å². The number of aromatic hydroxyl groups is 1. The SMILES string of the molecule is Cn1c(=O)[nH]c2cc(O)ccc2c1=O. The van der Waals surface area contributed by atoms with E-state index in [4.69, 9.17) is 5.11 Å². The highest BCUT2D eigenvalue weighted by Crippen LogP contribution is 2.13. The number of phenols is 1. The molecule has 0 aliphatic heterocycles. The van der Waals surface area contributed by atoms with Crippen LogP contribution < -0.4 is 11.2 Å². The fraction of sp³-hybridized carbons (Fsp3) is 0.111. The third-order valence-electron chi connectivity index (χ3n) is 2.08. The summed E-state index contributed by atoms with van der Waals surface area (Å²) < 4.78 is 0.985. The maximum absolute atomic E-state index is 11.5. The first-order chi connectivity index (χ1) is 6.59. The van der Waals surface area contributed by atoms with E-state index in [1.54, 1.807) is 0 Å². The Morgan fingerprint density at radius 2 is 2.07 bits per heavy atom. The number of H-pyrrole nitrogens is 1. The van der Waals surface area contributed by atoms with Crippen molar-refractivity contribution in [2.45, 2.75) is 0 Å². The van der Waals surface area contributed by atoms with Crippen molar-refractivity contribution in [3.63, 3.8) is 0 Å². The van der Waals surface area contributed by atoms with E-state index in [9.17, 15) is 9.59 Å². The molecular weight excluding hydrogens is 184 g/mol. The molecular formula is C9H8N2O3. The molecule has 0 aliphatic rings. The van der Waals surface area contributed by atoms with Gasteiger partial charge in [0.25, 0.3) is 5.56 Å². The summed E-state index contributed by atoms with van der Waals surface area (Å²) in [5.74, 6) is 0.0152. The highest BCUT2D eigenvalue weighted by atomic mass is 16.3. The molecule has 0 unspecified atom stereocenters. The molecule has 2 aromatic rings. The molecule has 0 saturated carbocycles. The second-order valence-electron chi connectivity index (χ2n) is 3.02. The zero-order valence-corrected chi connectivity index (χ0v) is 7.44. The molecule has 0 aliphatic carbocycles. The Morgan fingerprint density at radius 3 is 2.79 bits per heavy atom. The van der Waals surface area contributed by atoms with Crippen LogP contribution in [0.5, 0.6) is 5.75 Å². The van der Waals surface area contributed by atoms with Crippen LogP contribution >= 0.6 is 0 Å². The molecule has 0 fully saturated rings. The Kier molecular flexibility index (Phi) is 1.67. The molecule has 1 aromatic heterocycles. The van der Waals surface area contributed by atoms with E-state index in [1.165, 1.54) is 25.2 Å². The van der Waals surface area contributed by atoms with E-state index in [2.05, 4.69) is 4.98 Å². The van der Waals surface area contributed by atoms with E-state index in [-0.39, 0.29) is 11.3 Å². The number of aromatic amines is 1. The average molecular weight is 192 g/mol. The molecule has 0 saturated heterocycles. The van der Waals surface area contributed by atoms with Crippen molar-refractivity contribution < 1.29 is 5.11 Å². The van der Waals surface area contributed by atoms with Gasteiger partial charge in [0.2, 0.25) is 0 Å². The molecule has 1 aromatic carbocycles. The molecule has 5 nitrogen and oxygen atoms in total. The Labute approximate surface area is 78.2 Å². The Bertz CT molecular complexity index is 609. The Hall–Kier alpha value is -2.04. The summed E-state index contributed by atoms with van der Waals surface area (Å²) in [4.78, 5) is 25.2. The highest BCUT2D eigenvalue weighted by Gasteiger charge is 2.03. The number of fused-ring (bicyclic) bond motifs is 1. The number of rotatable bonds is 0. The molecule has 72 valence electrons. The summed E-state index contributed by atoms with van der Waals surface area (Å²) in [5.41, 5.74) is -0.519. The normalized spacial score (nSPS) is 10.6. The summed E-state index contributed by atoms with van der Waals surface area (Å²) in [6, 6.07) is 4.23.